The van der Waals surface area contributed by atoms with E-state index in [9.17, 15) is 4.79 Å². The summed E-state index contributed by atoms with van der Waals surface area (Å²) in [7, 11) is 0. The Morgan fingerprint density at radius 3 is 2.46 bits per heavy atom. The van der Waals surface area contributed by atoms with Crippen molar-refractivity contribution in [2.45, 2.75) is 6.92 Å². The van der Waals surface area contributed by atoms with Crippen molar-refractivity contribution in [2.75, 3.05) is 0 Å². The van der Waals surface area contributed by atoms with Crippen LogP contribution in [0, 0.1) is 6.92 Å². The molecule has 2 heterocycles. The fraction of sp³-hybridized carbons (Fsp3) is 0.0526. The summed E-state index contributed by atoms with van der Waals surface area (Å²) < 4.78 is 3.96. The van der Waals surface area contributed by atoms with Crippen LogP contribution in [0.1, 0.15) is 5.69 Å². The van der Waals surface area contributed by atoms with E-state index in [1.165, 1.54) is 0 Å². The molecule has 0 saturated heterocycles. The normalized spacial score (nSPS) is 11.1. The summed E-state index contributed by atoms with van der Waals surface area (Å²) in [6.45, 7) is 1.90. The van der Waals surface area contributed by atoms with E-state index in [4.69, 9.17) is 11.6 Å². The molecule has 0 aliphatic heterocycles. The Balaban J connectivity index is 2.00. The van der Waals surface area contributed by atoms with E-state index in [2.05, 4.69) is 5.10 Å². The molecule has 0 fully saturated rings. The number of aromatic nitrogens is 2. The Kier molecular flexibility index (Phi) is 3.89. The molecular formula is C19H13ClN2OSe. The first-order valence-corrected chi connectivity index (χ1v) is 9.57. The van der Waals surface area contributed by atoms with Crippen LogP contribution in [0.5, 0.6) is 0 Å². The number of halogens is 1. The topological polar surface area (TPSA) is 34.9 Å². The molecule has 0 atom stereocenters. The zero-order valence-electron chi connectivity index (χ0n) is 12.9. The van der Waals surface area contributed by atoms with Gasteiger partial charge in [-0.25, -0.2) is 0 Å². The Hall–Kier alpha value is -2.13. The first-order valence-electron chi connectivity index (χ1n) is 7.48. The third-order valence-corrected chi connectivity index (χ3v) is 6.51. The molecule has 3 nitrogen and oxygen atoms in total. The van der Waals surface area contributed by atoms with Gasteiger partial charge in [0, 0.05) is 0 Å². The summed E-state index contributed by atoms with van der Waals surface area (Å²) in [6.07, 6.45) is 0. The van der Waals surface area contributed by atoms with E-state index in [-0.39, 0.29) is 19.9 Å². The predicted molar refractivity (Wildman–Crippen MR) is 99.5 cm³/mol. The molecule has 0 radical (unpaired) electrons. The van der Waals surface area contributed by atoms with Gasteiger partial charge in [-0.05, 0) is 0 Å². The minimum absolute atomic E-state index is 0.00578. The quantitative estimate of drug-likeness (QED) is 0.476. The van der Waals surface area contributed by atoms with Crippen molar-refractivity contribution in [3.63, 3.8) is 0 Å². The van der Waals surface area contributed by atoms with Gasteiger partial charge in [-0.3, -0.25) is 0 Å². The van der Waals surface area contributed by atoms with Gasteiger partial charge in [0.25, 0.3) is 0 Å². The van der Waals surface area contributed by atoms with E-state index >= 15 is 0 Å². The minimum atomic E-state index is -0.00578. The standard InChI is InChI=1S/C19H13ClN2OSe/c1-12-18-16(23)11-17(13-7-9-14(20)10-8-13)24-19(18)22(21-12)15-5-3-2-4-6-15/h2-11H,1H3. The molecular weight excluding hydrogens is 387 g/mol. The molecule has 0 bridgehead atoms. The Morgan fingerprint density at radius 1 is 1.04 bits per heavy atom. The number of hydrogen-bond donors (Lipinski definition) is 0. The van der Waals surface area contributed by atoms with Crippen LogP contribution in [0.3, 0.4) is 0 Å². The number of hydrogen-bond acceptors (Lipinski definition) is 2. The average molecular weight is 400 g/mol. The van der Waals surface area contributed by atoms with Gasteiger partial charge in [-0.2, -0.15) is 0 Å². The number of para-hydroxylation sites is 1. The number of fused-ring (bicyclic) bond motifs is 1. The number of aryl methyl sites for hydroxylation is 1. The Labute approximate surface area is 149 Å². The van der Waals surface area contributed by atoms with Gasteiger partial charge in [-0.1, -0.05) is 0 Å². The SMILES string of the molecule is Cc1nn(-c2ccccc2)c2[se]c(-c3ccc(Cl)cc3)cc(=O)c12. The molecule has 0 spiro atoms. The van der Waals surface area contributed by atoms with E-state index in [1.54, 1.807) is 6.07 Å². The molecule has 2 aromatic heterocycles. The first kappa shape index (κ1) is 15.4. The molecule has 24 heavy (non-hydrogen) atoms. The molecule has 2 aromatic carbocycles. The van der Waals surface area contributed by atoms with Crippen molar-refractivity contribution in [3.8, 4) is 15.7 Å². The van der Waals surface area contributed by atoms with Gasteiger partial charge in [-0.15, -0.1) is 0 Å². The summed E-state index contributed by atoms with van der Waals surface area (Å²) in [4.78, 5) is 12.7. The molecule has 0 unspecified atom stereocenters. The predicted octanol–water partition coefficient (Wildman–Crippen LogP) is 4.07. The van der Waals surface area contributed by atoms with Gasteiger partial charge >= 0.3 is 150 Å². The summed E-state index contributed by atoms with van der Waals surface area (Å²) in [6, 6.07) is 19.3. The number of benzene rings is 2. The molecule has 118 valence electrons. The van der Waals surface area contributed by atoms with Crippen molar-refractivity contribution >= 4 is 35.9 Å². The first-order chi connectivity index (χ1) is 11.6. The summed E-state index contributed by atoms with van der Waals surface area (Å²) in [5, 5.41) is 6.05. The van der Waals surface area contributed by atoms with Crippen molar-refractivity contribution in [3.05, 3.63) is 81.6 Å². The van der Waals surface area contributed by atoms with Crippen LogP contribution in [-0.2, 0) is 0 Å². The molecule has 0 saturated carbocycles. The second-order valence-corrected chi connectivity index (χ2v) is 8.09. The van der Waals surface area contributed by atoms with E-state index in [0.29, 0.717) is 5.02 Å². The Morgan fingerprint density at radius 2 is 1.75 bits per heavy atom. The Bertz CT molecular complexity index is 1080. The van der Waals surface area contributed by atoms with Crippen LogP contribution in [0.25, 0.3) is 25.5 Å². The maximum absolute atomic E-state index is 12.7. The summed E-state index contributed by atoms with van der Waals surface area (Å²) in [5.74, 6) is 0. The fourth-order valence-electron chi connectivity index (χ4n) is 2.71. The third kappa shape index (κ3) is 2.63. The van der Waals surface area contributed by atoms with Crippen LogP contribution < -0.4 is 5.43 Å². The van der Waals surface area contributed by atoms with Crippen LogP contribution in [0.4, 0.5) is 0 Å². The fourth-order valence-corrected chi connectivity index (χ4v) is 5.38. The molecule has 4 rings (SSSR count). The van der Waals surface area contributed by atoms with Gasteiger partial charge in [0.15, 0.2) is 0 Å². The monoisotopic (exact) mass is 400 g/mol. The molecule has 0 aliphatic carbocycles. The molecule has 0 amide bonds. The van der Waals surface area contributed by atoms with E-state index in [0.717, 1.165) is 31.2 Å². The van der Waals surface area contributed by atoms with Gasteiger partial charge < -0.3 is 0 Å². The maximum atomic E-state index is 12.7. The molecule has 4 aromatic rings. The third-order valence-electron chi connectivity index (χ3n) is 3.86. The second-order valence-electron chi connectivity index (χ2n) is 5.49. The number of rotatable bonds is 2. The molecule has 0 N–H and O–H groups in total. The van der Waals surface area contributed by atoms with Gasteiger partial charge in [0.1, 0.15) is 0 Å². The van der Waals surface area contributed by atoms with Crippen molar-refractivity contribution in [1.29, 1.82) is 0 Å². The van der Waals surface area contributed by atoms with Crippen molar-refractivity contribution < 1.29 is 0 Å². The van der Waals surface area contributed by atoms with E-state index in [1.807, 2.05) is 66.2 Å². The summed E-state index contributed by atoms with van der Waals surface area (Å²) in [5.41, 5.74) is 2.83. The number of nitrogens with zero attached hydrogens (tertiary/aromatic N) is 2. The van der Waals surface area contributed by atoms with Gasteiger partial charge in [0.2, 0.25) is 0 Å². The summed E-state index contributed by atoms with van der Waals surface area (Å²) >= 11 is 5.97. The second kappa shape index (κ2) is 6.06. The van der Waals surface area contributed by atoms with E-state index < -0.39 is 0 Å². The van der Waals surface area contributed by atoms with Crippen LogP contribution in [0.15, 0.2) is 65.5 Å². The van der Waals surface area contributed by atoms with Crippen molar-refractivity contribution in [2.24, 2.45) is 0 Å². The van der Waals surface area contributed by atoms with Crippen LogP contribution in [0.2, 0.25) is 5.02 Å². The zero-order valence-corrected chi connectivity index (χ0v) is 15.3. The van der Waals surface area contributed by atoms with Crippen LogP contribution >= 0.6 is 11.6 Å². The molecule has 0 aliphatic rings. The zero-order chi connectivity index (χ0) is 16.7. The van der Waals surface area contributed by atoms with Crippen molar-refractivity contribution in [1.82, 2.24) is 9.78 Å². The average Bonchev–Trinajstić information content (AvgIpc) is 2.93. The van der Waals surface area contributed by atoms with Crippen LogP contribution in [-0.4, -0.2) is 24.3 Å². The molecule has 5 heteroatoms. The van der Waals surface area contributed by atoms with Gasteiger partial charge in [0.05, 0.1) is 0 Å².